The van der Waals surface area contributed by atoms with Crippen LogP contribution in [0.2, 0.25) is 0 Å². The van der Waals surface area contributed by atoms with Crippen LogP contribution in [0.15, 0.2) is 24.3 Å². The first-order chi connectivity index (χ1) is 12.2. The van der Waals surface area contributed by atoms with Gasteiger partial charge in [0.1, 0.15) is 11.8 Å². The molecule has 1 rings (SSSR count). The Morgan fingerprint density at radius 2 is 1.80 bits per heavy atom. The molecule has 0 fully saturated rings. The summed E-state index contributed by atoms with van der Waals surface area (Å²) in [7, 11) is 0. The third kappa shape index (κ3) is 10.1. The first-order valence-electron chi connectivity index (χ1n) is 9.55. The second-order valence-corrected chi connectivity index (χ2v) is 6.46. The lowest BCUT2D eigenvalue weighted by Crippen LogP contribution is -2.36. The van der Waals surface area contributed by atoms with Crippen LogP contribution >= 0.6 is 0 Å². The van der Waals surface area contributed by atoms with Crippen LogP contribution in [0.3, 0.4) is 0 Å². The quantitative estimate of drug-likeness (QED) is 0.420. The van der Waals surface area contributed by atoms with Crippen LogP contribution < -0.4 is 15.8 Å². The minimum Gasteiger partial charge on any atom is -0.494 e. The van der Waals surface area contributed by atoms with E-state index in [9.17, 15) is 9.90 Å². The van der Waals surface area contributed by atoms with Crippen molar-refractivity contribution >= 4 is 5.97 Å². The zero-order valence-corrected chi connectivity index (χ0v) is 15.5. The van der Waals surface area contributed by atoms with Gasteiger partial charge in [0.05, 0.1) is 6.61 Å². The summed E-state index contributed by atoms with van der Waals surface area (Å²) in [6, 6.07) is 7.30. The maximum Gasteiger partial charge on any atom is 0.320 e. The predicted molar refractivity (Wildman–Crippen MR) is 102 cm³/mol. The van der Waals surface area contributed by atoms with Crippen LogP contribution in [0.4, 0.5) is 0 Å². The second kappa shape index (κ2) is 13.7. The van der Waals surface area contributed by atoms with Crippen LogP contribution in [0.1, 0.15) is 63.9 Å². The van der Waals surface area contributed by atoms with Gasteiger partial charge < -0.3 is 20.9 Å². The van der Waals surface area contributed by atoms with E-state index < -0.39 is 12.0 Å². The molecule has 0 aliphatic heterocycles. The molecular formula is C20H34N2O3. The van der Waals surface area contributed by atoms with Crippen LogP contribution in [-0.4, -0.2) is 30.3 Å². The molecule has 0 radical (unpaired) electrons. The van der Waals surface area contributed by atoms with Crippen LogP contribution in [0.25, 0.3) is 0 Å². The summed E-state index contributed by atoms with van der Waals surface area (Å²) < 4.78 is 5.76. The van der Waals surface area contributed by atoms with Crippen molar-refractivity contribution in [2.75, 3.05) is 13.2 Å². The monoisotopic (exact) mass is 350 g/mol. The van der Waals surface area contributed by atoms with E-state index in [1.54, 1.807) is 0 Å². The lowest BCUT2D eigenvalue weighted by atomic mass is 10.1. The fourth-order valence-electron chi connectivity index (χ4n) is 2.65. The number of carboxylic acids is 1. The number of unbranched alkanes of at least 4 members (excludes halogenated alkanes) is 5. The third-order valence-electron chi connectivity index (χ3n) is 4.24. The molecule has 0 aliphatic carbocycles. The summed E-state index contributed by atoms with van der Waals surface area (Å²) in [5, 5.41) is 12.3. The van der Waals surface area contributed by atoms with Crippen molar-refractivity contribution in [1.82, 2.24) is 5.32 Å². The van der Waals surface area contributed by atoms with Gasteiger partial charge in [0.2, 0.25) is 0 Å². The van der Waals surface area contributed by atoms with Crippen LogP contribution in [-0.2, 0) is 11.3 Å². The van der Waals surface area contributed by atoms with Gasteiger partial charge in [-0.2, -0.15) is 0 Å². The average molecular weight is 351 g/mol. The fraction of sp³-hybridized carbons (Fsp3) is 0.650. The molecule has 0 unspecified atom stereocenters. The highest BCUT2D eigenvalue weighted by atomic mass is 16.5. The van der Waals surface area contributed by atoms with Crippen molar-refractivity contribution in [2.45, 2.75) is 70.9 Å². The van der Waals surface area contributed by atoms with E-state index in [-0.39, 0.29) is 0 Å². The first kappa shape index (κ1) is 21.5. The number of carbonyl (C=O) groups is 1. The Morgan fingerprint density at radius 3 is 2.44 bits per heavy atom. The van der Waals surface area contributed by atoms with Gasteiger partial charge >= 0.3 is 5.97 Å². The average Bonchev–Trinajstić information content (AvgIpc) is 2.62. The molecule has 0 saturated heterocycles. The minimum atomic E-state index is -0.827. The van der Waals surface area contributed by atoms with E-state index >= 15 is 0 Å². The number of aliphatic carboxylic acids is 1. The fourth-order valence-corrected chi connectivity index (χ4v) is 2.65. The first-order valence-corrected chi connectivity index (χ1v) is 9.55. The van der Waals surface area contributed by atoms with Crippen molar-refractivity contribution < 1.29 is 14.6 Å². The van der Waals surface area contributed by atoms with Gasteiger partial charge in [-0.05, 0) is 43.5 Å². The summed E-state index contributed by atoms with van der Waals surface area (Å²) in [6.07, 6.45) is 8.77. The summed E-state index contributed by atoms with van der Waals surface area (Å²) in [5.41, 5.74) is 6.49. The summed E-state index contributed by atoms with van der Waals surface area (Å²) >= 11 is 0. The van der Waals surface area contributed by atoms with E-state index in [4.69, 9.17) is 10.5 Å². The Hall–Kier alpha value is -1.59. The number of rotatable bonds is 15. The molecule has 5 nitrogen and oxygen atoms in total. The van der Waals surface area contributed by atoms with E-state index in [0.29, 0.717) is 25.9 Å². The standard InChI is InChI=1S/C20H34N2O3/c1-2-3-4-5-6-7-15-25-18-12-10-17(11-13-18)16-22-19(20(23)24)9-8-14-21/h10-13,19,22H,2-9,14-16,21H2,1H3,(H,23,24)/t19-/m0/s1. The molecular weight excluding hydrogens is 316 g/mol. The Kier molecular flexibility index (Phi) is 11.7. The highest BCUT2D eigenvalue weighted by molar-refractivity contribution is 5.73. The summed E-state index contributed by atoms with van der Waals surface area (Å²) in [4.78, 5) is 11.2. The molecule has 5 heteroatoms. The number of nitrogens with two attached hydrogens (primary N) is 1. The molecule has 0 saturated carbocycles. The number of benzene rings is 1. The van der Waals surface area contributed by atoms with E-state index in [1.807, 2.05) is 24.3 Å². The van der Waals surface area contributed by atoms with Crippen molar-refractivity contribution in [3.63, 3.8) is 0 Å². The molecule has 0 bridgehead atoms. The highest BCUT2D eigenvalue weighted by Gasteiger charge is 2.15. The molecule has 0 amide bonds. The van der Waals surface area contributed by atoms with Crippen LogP contribution in [0, 0.1) is 0 Å². The normalized spacial score (nSPS) is 12.1. The SMILES string of the molecule is CCCCCCCCOc1ccc(CN[C@@H](CCCN)C(=O)O)cc1. The van der Waals surface area contributed by atoms with Crippen molar-refractivity contribution in [3.05, 3.63) is 29.8 Å². The molecule has 0 aromatic heterocycles. The van der Waals surface area contributed by atoms with E-state index in [0.717, 1.165) is 24.3 Å². The topological polar surface area (TPSA) is 84.6 Å². The van der Waals surface area contributed by atoms with Crippen LogP contribution in [0.5, 0.6) is 5.75 Å². The number of ether oxygens (including phenoxy) is 1. The van der Waals surface area contributed by atoms with Gasteiger partial charge in [0, 0.05) is 6.54 Å². The summed E-state index contributed by atoms with van der Waals surface area (Å²) in [6.45, 7) is 4.02. The Morgan fingerprint density at radius 1 is 1.12 bits per heavy atom. The van der Waals surface area contributed by atoms with Gasteiger partial charge in [-0.25, -0.2) is 0 Å². The zero-order chi connectivity index (χ0) is 18.3. The molecule has 1 aromatic rings. The maximum absolute atomic E-state index is 11.2. The van der Waals surface area contributed by atoms with Gasteiger partial charge in [-0.15, -0.1) is 0 Å². The zero-order valence-electron chi connectivity index (χ0n) is 15.5. The molecule has 25 heavy (non-hydrogen) atoms. The minimum absolute atomic E-state index is 0.510. The van der Waals surface area contributed by atoms with E-state index in [1.165, 1.54) is 32.1 Å². The second-order valence-electron chi connectivity index (χ2n) is 6.46. The maximum atomic E-state index is 11.2. The third-order valence-corrected chi connectivity index (χ3v) is 4.24. The lowest BCUT2D eigenvalue weighted by molar-refractivity contribution is -0.139. The Labute approximate surface area is 151 Å². The van der Waals surface area contributed by atoms with Gasteiger partial charge in [-0.1, -0.05) is 51.2 Å². The Bertz CT molecular complexity index is 463. The largest absolute Gasteiger partial charge is 0.494 e. The Balaban J connectivity index is 2.25. The van der Waals surface area contributed by atoms with Crippen molar-refractivity contribution in [3.8, 4) is 5.75 Å². The molecule has 0 aliphatic rings. The molecule has 1 aromatic carbocycles. The summed E-state index contributed by atoms with van der Waals surface area (Å²) in [5.74, 6) is 0.0440. The number of nitrogens with one attached hydrogen (secondary N) is 1. The molecule has 0 heterocycles. The van der Waals surface area contributed by atoms with Crippen molar-refractivity contribution in [1.29, 1.82) is 0 Å². The lowest BCUT2D eigenvalue weighted by Gasteiger charge is -2.14. The highest BCUT2D eigenvalue weighted by Crippen LogP contribution is 2.14. The molecule has 1 atom stereocenters. The number of carboxylic acid groups (broad SMARTS) is 1. The molecule has 0 spiro atoms. The predicted octanol–water partition coefficient (Wildman–Crippen LogP) is 3.71. The van der Waals surface area contributed by atoms with Gasteiger partial charge in [0.15, 0.2) is 0 Å². The molecule has 142 valence electrons. The number of hydrogen-bond acceptors (Lipinski definition) is 4. The smallest absolute Gasteiger partial charge is 0.320 e. The number of hydrogen-bond donors (Lipinski definition) is 3. The van der Waals surface area contributed by atoms with Gasteiger partial charge in [0.25, 0.3) is 0 Å². The van der Waals surface area contributed by atoms with Gasteiger partial charge in [-0.3, -0.25) is 4.79 Å². The molecule has 4 N–H and O–H groups in total. The van der Waals surface area contributed by atoms with Crippen molar-refractivity contribution in [2.24, 2.45) is 5.73 Å². The van der Waals surface area contributed by atoms with E-state index in [2.05, 4.69) is 12.2 Å².